The minimum absolute atomic E-state index is 0.00932. The van der Waals surface area contributed by atoms with Crippen molar-refractivity contribution in [3.8, 4) is 11.5 Å². The van der Waals surface area contributed by atoms with Crippen molar-refractivity contribution in [1.82, 2.24) is 4.90 Å². The minimum atomic E-state index is -0.179. The number of thiocarbonyl (C=S) groups is 1. The number of benzene rings is 2. The van der Waals surface area contributed by atoms with Gasteiger partial charge in [0.15, 0.2) is 11.5 Å². The first-order valence-corrected chi connectivity index (χ1v) is 11.6. The molecule has 0 unspecified atom stereocenters. The summed E-state index contributed by atoms with van der Waals surface area (Å²) in [5, 5.41) is 0. The largest absolute Gasteiger partial charge is 0.493 e. The van der Waals surface area contributed by atoms with E-state index in [0.717, 1.165) is 24.1 Å². The lowest BCUT2D eigenvalue weighted by atomic mass is 10.0. The Kier molecular flexibility index (Phi) is 6.81. The van der Waals surface area contributed by atoms with E-state index in [1.54, 1.807) is 26.4 Å². The number of thioether (sulfide) groups is 1. The quantitative estimate of drug-likeness (QED) is 0.466. The molecule has 32 heavy (non-hydrogen) atoms. The second-order valence-corrected chi connectivity index (χ2v) is 9.15. The number of carbonyl (C=O) groups excluding carboxylic acids is 2. The van der Waals surface area contributed by atoms with E-state index in [2.05, 4.69) is 6.07 Å². The molecule has 0 radical (unpaired) electrons. The van der Waals surface area contributed by atoms with E-state index in [1.807, 2.05) is 35.2 Å². The van der Waals surface area contributed by atoms with Gasteiger partial charge in [-0.15, -0.1) is 0 Å². The zero-order chi connectivity index (χ0) is 22.7. The Hall–Kier alpha value is -2.84. The third-order valence-electron chi connectivity index (χ3n) is 5.54. The van der Waals surface area contributed by atoms with Crippen LogP contribution in [0.5, 0.6) is 11.5 Å². The number of hydrogen-bond acceptors (Lipinski definition) is 6. The summed E-state index contributed by atoms with van der Waals surface area (Å²) in [4.78, 5) is 29.8. The lowest BCUT2D eigenvalue weighted by Crippen LogP contribution is -2.38. The van der Waals surface area contributed by atoms with Crippen molar-refractivity contribution in [2.24, 2.45) is 0 Å². The van der Waals surface area contributed by atoms with Crippen LogP contribution in [0.3, 0.4) is 0 Å². The van der Waals surface area contributed by atoms with Crippen molar-refractivity contribution >= 4 is 51.9 Å². The molecule has 2 aromatic rings. The molecule has 2 heterocycles. The van der Waals surface area contributed by atoms with Crippen LogP contribution in [-0.4, -0.2) is 48.3 Å². The number of para-hydroxylation sites is 1. The number of amides is 2. The normalized spacial score (nSPS) is 17.0. The highest BCUT2D eigenvalue weighted by Gasteiger charge is 2.33. The second-order valence-electron chi connectivity index (χ2n) is 7.48. The van der Waals surface area contributed by atoms with Crippen LogP contribution < -0.4 is 14.4 Å². The van der Waals surface area contributed by atoms with Crippen LogP contribution >= 0.6 is 24.0 Å². The van der Waals surface area contributed by atoms with Crippen molar-refractivity contribution in [3.05, 3.63) is 58.5 Å². The molecule has 2 aliphatic heterocycles. The molecule has 4 rings (SSSR count). The number of carbonyl (C=O) groups is 2. The summed E-state index contributed by atoms with van der Waals surface area (Å²) in [5.74, 6) is 1.04. The molecular formula is C24H24N2O4S2. The van der Waals surface area contributed by atoms with E-state index in [1.165, 1.54) is 22.2 Å². The van der Waals surface area contributed by atoms with Gasteiger partial charge in [0.25, 0.3) is 5.91 Å². The Morgan fingerprint density at radius 2 is 1.94 bits per heavy atom. The topological polar surface area (TPSA) is 59.1 Å². The maximum atomic E-state index is 13.0. The van der Waals surface area contributed by atoms with Crippen molar-refractivity contribution in [1.29, 1.82) is 0 Å². The van der Waals surface area contributed by atoms with Gasteiger partial charge in [-0.25, -0.2) is 0 Å². The number of hydrogen-bond donors (Lipinski definition) is 0. The third kappa shape index (κ3) is 4.52. The van der Waals surface area contributed by atoms with E-state index in [4.69, 9.17) is 21.7 Å². The predicted molar refractivity (Wildman–Crippen MR) is 131 cm³/mol. The Balaban J connectivity index is 1.44. The van der Waals surface area contributed by atoms with E-state index in [0.29, 0.717) is 27.3 Å². The van der Waals surface area contributed by atoms with Crippen LogP contribution in [0.4, 0.5) is 5.69 Å². The molecular weight excluding hydrogens is 444 g/mol. The van der Waals surface area contributed by atoms with Gasteiger partial charge in [0.1, 0.15) is 4.32 Å². The number of rotatable bonds is 6. The molecule has 0 N–H and O–H groups in total. The molecule has 0 bridgehead atoms. The average Bonchev–Trinajstić information content (AvgIpc) is 3.08. The maximum Gasteiger partial charge on any atom is 0.266 e. The monoisotopic (exact) mass is 468 g/mol. The molecule has 2 amide bonds. The molecule has 0 saturated carbocycles. The summed E-state index contributed by atoms with van der Waals surface area (Å²) >= 11 is 6.68. The van der Waals surface area contributed by atoms with E-state index < -0.39 is 0 Å². The number of fused-ring (bicyclic) bond motifs is 1. The van der Waals surface area contributed by atoms with Gasteiger partial charge in [0.05, 0.1) is 19.1 Å². The summed E-state index contributed by atoms with van der Waals surface area (Å²) in [6, 6.07) is 13.4. The van der Waals surface area contributed by atoms with Crippen molar-refractivity contribution < 1.29 is 19.1 Å². The highest BCUT2D eigenvalue weighted by Crippen LogP contribution is 2.35. The molecule has 0 spiro atoms. The fourth-order valence-electron chi connectivity index (χ4n) is 3.92. The molecule has 0 atom stereocenters. The van der Waals surface area contributed by atoms with E-state index in [9.17, 15) is 9.59 Å². The highest BCUT2D eigenvalue weighted by atomic mass is 32.2. The van der Waals surface area contributed by atoms with Crippen molar-refractivity contribution in [3.63, 3.8) is 0 Å². The summed E-state index contributed by atoms with van der Waals surface area (Å²) < 4.78 is 11.1. The first kappa shape index (κ1) is 22.4. The molecule has 2 aromatic carbocycles. The number of nitrogens with zero attached hydrogens (tertiary/aromatic N) is 2. The lowest BCUT2D eigenvalue weighted by molar-refractivity contribution is -0.123. The van der Waals surface area contributed by atoms with E-state index >= 15 is 0 Å². The number of anilines is 1. The molecule has 8 heteroatoms. The van der Waals surface area contributed by atoms with Gasteiger partial charge in [0.2, 0.25) is 5.91 Å². The SMILES string of the molecule is COc1ccc(C=C2SC(=S)N(CCC(=O)N3CCCc4ccccc43)C2=O)cc1OC. The fourth-order valence-corrected chi connectivity index (χ4v) is 5.23. The smallest absolute Gasteiger partial charge is 0.266 e. The third-order valence-corrected chi connectivity index (χ3v) is 6.92. The lowest BCUT2D eigenvalue weighted by Gasteiger charge is -2.30. The summed E-state index contributed by atoms with van der Waals surface area (Å²) in [6.07, 6.45) is 3.93. The second kappa shape index (κ2) is 9.75. The minimum Gasteiger partial charge on any atom is -0.493 e. The first-order chi connectivity index (χ1) is 15.5. The molecule has 2 aliphatic rings. The average molecular weight is 469 g/mol. The van der Waals surface area contributed by atoms with Gasteiger partial charge in [-0.05, 0) is 48.2 Å². The predicted octanol–water partition coefficient (Wildman–Crippen LogP) is 4.27. The summed E-state index contributed by atoms with van der Waals surface area (Å²) in [6.45, 7) is 0.971. The van der Waals surface area contributed by atoms with Crippen LogP contribution in [0, 0.1) is 0 Å². The van der Waals surface area contributed by atoms with Gasteiger partial charge < -0.3 is 14.4 Å². The summed E-state index contributed by atoms with van der Waals surface area (Å²) in [5.41, 5.74) is 2.97. The van der Waals surface area contributed by atoms with Crippen LogP contribution in [0.25, 0.3) is 6.08 Å². The van der Waals surface area contributed by atoms with Crippen LogP contribution in [0.2, 0.25) is 0 Å². The molecule has 1 saturated heterocycles. The van der Waals surface area contributed by atoms with E-state index in [-0.39, 0.29) is 24.8 Å². The van der Waals surface area contributed by atoms with Gasteiger partial charge in [-0.2, -0.15) is 0 Å². The van der Waals surface area contributed by atoms with Gasteiger partial charge in [-0.1, -0.05) is 48.2 Å². The van der Waals surface area contributed by atoms with Gasteiger partial charge in [-0.3, -0.25) is 14.5 Å². The van der Waals surface area contributed by atoms with Crippen molar-refractivity contribution in [2.45, 2.75) is 19.3 Å². The highest BCUT2D eigenvalue weighted by molar-refractivity contribution is 8.26. The number of ether oxygens (including phenoxy) is 2. The van der Waals surface area contributed by atoms with Crippen molar-refractivity contribution in [2.75, 3.05) is 32.2 Å². The summed E-state index contributed by atoms with van der Waals surface area (Å²) in [7, 11) is 3.14. The Morgan fingerprint density at radius 3 is 2.72 bits per heavy atom. The van der Waals surface area contributed by atoms with Crippen LogP contribution in [0.15, 0.2) is 47.4 Å². The standard InChI is InChI=1S/C24H24N2O4S2/c1-29-19-10-9-16(14-20(19)30-2)15-21-23(28)26(24(31)32-21)13-11-22(27)25-12-5-7-17-6-3-4-8-18(17)25/h3-4,6,8-10,14-15H,5,7,11-13H2,1-2H3. The molecule has 166 valence electrons. The maximum absolute atomic E-state index is 13.0. The van der Waals surface area contributed by atoms with Gasteiger partial charge >= 0.3 is 0 Å². The van der Waals surface area contributed by atoms with Gasteiger partial charge in [0, 0.05) is 25.2 Å². The zero-order valence-electron chi connectivity index (χ0n) is 18.0. The Labute approximate surface area is 197 Å². The number of methoxy groups -OCH3 is 2. The first-order valence-electron chi connectivity index (χ1n) is 10.4. The van der Waals surface area contributed by atoms with Crippen LogP contribution in [-0.2, 0) is 16.0 Å². The molecule has 6 nitrogen and oxygen atoms in total. The molecule has 0 aromatic heterocycles. The Bertz CT molecular complexity index is 1100. The fraction of sp³-hybridized carbons (Fsp3) is 0.292. The van der Waals surface area contributed by atoms with Crippen LogP contribution in [0.1, 0.15) is 24.0 Å². The molecule has 0 aliphatic carbocycles. The molecule has 1 fully saturated rings. The zero-order valence-corrected chi connectivity index (χ0v) is 19.6. The number of aryl methyl sites for hydroxylation is 1. The Morgan fingerprint density at radius 1 is 1.16 bits per heavy atom.